The Morgan fingerprint density at radius 2 is 1.72 bits per heavy atom. The van der Waals surface area contributed by atoms with Crippen LogP contribution in [0, 0.1) is 18.2 Å². The molecule has 29 heavy (non-hydrogen) atoms. The number of fused-ring (bicyclic) bond motifs is 2. The first-order chi connectivity index (χ1) is 14.2. The van der Waals surface area contributed by atoms with Crippen LogP contribution >= 0.6 is 0 Å². The molecule has 0 saturated heterocycles. The van der Waals surface area contributed by atoms with Gasteiger partial charge < -0.3 is 5.32 Å². The van der Waals surface area contributed by atoms with Crippen LogP contribution in [-0.2, 0) is 0 Å². The molecule has 0 aliphatic rings. The number of anilines is 2. The highest BCUT2D eigenvalue weighted by Crippen LogP contribution is 2.30. The van der Waals surface area contributed by atoms with Gasteiger partial charge in [-0.3, -0.25) is 5.10 Å². The van der Waals surface area contributed by atoms with Gasteiger partial charge in [-0.1, -0.05) is 30.2 Å². The third kappa shape index (κ3) is 2.95. The van der Waals surface area contributed by atoms with Crippen molar-refractivity contribution in [1.82, 2.24) is 20.2 Å². The Labute approximate surface area is 165 Å². The molecule has 0 fully saturated rings. The number of hydrogen-bond donors (Lipinski definition) is 2. The molecule has 0 spiro atoms. The van der Waals surface area contributed by atoms with Crippen LogP contribution in [0.15, 0.2) is 66.7 Å². The van der Waals surface area contributed by atoms with Gasteiger partial charge in [-0.05, 0) is 42.5 Å². The molecule has 2 heterocycles. The number of H-pyrrole nitrogens is 1. The first kappa shape index (κ1) is 16.9. The van der Waals surface area contributed by atoms with Crippen LogP contribution in [0.3, 0.4) is 0 Å². The van der Waals surface area contributed by atoms with Crippen molar-refractivity contribution in [3.63, 3.8) is 0 Å². The molecule has 0 aliphatic heterocycles. The number of benzene rings is 3. The second-order valence-corrected chi connectivity index (χ2v) is 6.49. The van der Waals surface area contributed by atoms with E-state index in [0.717, 1.165) is 22.0 Å². The van der Waals surface area contributed by atoms with Gasteiger partial charge in [-0.2, -0.15) is 5.10 Å². The van der Waals surface area contributed by atoms with E-state index in [0.29, 0.717) is 28.4 Å². The van der Waals surface area contributed by atoms with Crippen molar-refractivity contribution in [3.8, 4) is 23.7 Å². The van der Waals surface area contributed by atoms with E-state index in [2.05, 4.69) is 26.4 Å². The molecule has 0 bridgehead atoms. The lowest BCUT2D eigenvalue weighted by molar-refractivity contribution is 0.630. The van der Waals surface area contributed by atoms with Gasteiger partial charge in [0.25, 0.3) is 0 Å². The Bertz CT molecular complexity index is 1410. The van der Waals surface area contributed by atoms with E-state index in [1.807, 2.05) is 48.5 Å². The molecule has 5 aromatic rings. The summed E-state index contributed by atoms with van der Waals surface area (Å²) in [7, 11) is 0. The van der Waals surface area contributed by atoms with Gasteiger partial charge in [0.15, 0.2) is 11.6 Å². The van der Waals surface area contributed by atoms with Crippen molar-refractivity contribution in [2.75, 3.05) is 5.32 Å². The fourth-order valence-corrected chi connectivity index (χ4v) is 3.29. The van der Waals surface area contributed by atoms with Crippen molar-refractivity contribution < 1.29 is 4.39 Å². The molecule has 0 radical (unpaired) electrons. The summed E-state index contributed by atoms with van der Waals surface area (Å²) >= 11 is 0. The normalized spacial score (nSPS) is 10.9. The van der Waals surface area contributed by atoms with Gasteiger partial charge in [0, 0.05) is 21.9 Å². The predicted octanol–water partition coefficient (Wildman–Crippen LogP) is 5.04. The number of aromatic nitrogens is 4. The molecular formula is C23H14FN5. The molecule has 2 aromatic heterocycles. The molecule has 5 rings (SSSR count). The predicted molar refractivity (Wildman–Crippen MR) is 112 cm³/mol. The van der Waals surface area contributed by atoms with Crippen molar-refractivity contribution in [2.24, 2.45) is 0 Å². The number of nitrogens with one attached hydrogen (secondary N) is 2. The maximum Gasteiger partial charge on any atom is 0.163 e. The van der Waals surface area contributed by atoms with Crippen LogP contribution in [0.2, 0.25) is 0 Å². The van der Waals surface area contributed by atoms with Crippen LogP contribution in [0.25, 0.3) is 33.2 Å². The maximum absolute atomic E-state index is 13.7. The van der Waals surface area contributed by atoms with Crippen LogP contribution in [0.5, 0.6) is 0 Å². The minimum absolute atomic E-state index is 0.335. The SMILES string of the molecule is C#Cc1ccccc1-c1nc(Nc2n[nH]c3ccc(F)cc23)c2ccccc2n1. The summed E-state index contributed by atoms with van der Waals surface area (Å²) in [6.07, 6.45) is 5.65. The molecule has 2 N–H and O–H groups in total. The summed E-state index contributed by atoms with van der Waals surface area (Å²) < 4.78 is 13.7. The molecule has 3 aromatic carbocycles. The van der Waals surface area contributed by atoms with Gasteiger partial charge >= 0.3 is 0 Å². The third-order valence-corrected chi connectivity index (χ3v) is 4.69. The standard InChI is InChI=1S/C23H14FN5/c1-2-14-7-3-4-8-16(14)21-25-19-10-6-5-9-17(19)22(26-21)27-23-18-13-15(24)11-12-20(18)28-29-23/h1,3-13H,(H2,25,26,27,28,29). The lowest BCUT2D eigenvalue weighted by Gasteiger charge is -2.11. The molecular weight excluding hydrogens is 365 g/mol. The van der Waals surface area contributed by atoms with E-state index in [1.165, 1.54) is 12.1 Å². The highest BCUT2D eigenvalue weighted by molar-refractivity contribution is 5.97. The summed E-state index contributed by atoms with van der Waals surface area (Å²) in [5.41, 5.74) is 2.96. The van der Waals surface area contributed by atoms with Crippen LogP contribution < -0.4 is 5.32 Å². The summed E-state index contributed by atoms with van der Waals surface area (Å²) in [5, 5.41) is 11.9. The summed E-state index contributed by atoms with van der Waals surface area (Å²) in [4.78, 5) is 9.40. The molecule has 5 nitrogen and oxygen atoms in total. The largest absolute Gasteiger partial charge is 0.322 e. The lowest BCUT2D eigenvalue weighted by Crippen LogP contribution is -2.01. The van der Waals surface area contributed by atoms with Crippen molar-refractivity contribution in [1.29, 1.82) is 0 Å². The average Bonchev–Trinajstić information content (AvgIpc) is 3.15. The topological polar surface area (TPSA) is 66.5 Å². The first-order valence-electron chi connectivity index (χ1n) is 8.96. The Kier molecular flexibility index (Phi) is 3.92. The van der Waals surface area contributed by atoms with Crippen molar-refractivity contribution >= 4 is 33.4 Å². The Morgan fingerprint density at radius 1 is 0.897 bits per heavy atom. The fraction of sp³-hybridized carbons (Fsp3) is 0. The minimum atomic E-state index is -0.335. The highest BCUT2D eigenvalue weighted by Gasteiger charge is 2.14. The summed E-state index contributed by atoms with van der Waals surface area (Å²) in [6.45, 7) is 0. The summed E-state index contributed by atoms with van der Waals surface area (Å²) in [5.74, 6) is 3.90. The molecule has 138 valence electrons. The van der Waals surface area contributed by atoms with Gasteiger partial charge in [0.1, 0.15) is 11.6 Å². The number of terminal acetylenes is 1. The van der Waals surface area contributed by atoms with Crippen molar-refractivity contribution in [2.45, 2.75) is 0 Å². The monoisotopic (exact) mass is 379 g/mol. The Balaban J connectivity index is 1.70. The Hall–Kier alpha value is -4.24. The second-order valence-electron chi connectivity index (χ2n) is 6.49. The zero-order valence-corrected chi connectivity index (χ0v) is 15.1. The number of nitrogens with zero attached hydrogens (tertiary/aromatic N) is 3. The van der Waals surface area contributed by atoms with Crippen molar-refractivity contribution in [3.05, 3.63) is 78.1 Å². The highest BCUT2D eigenvalue weighted by atomic mass is 19.1. The van der Waals surface area contributed by atoms with Crippen LogP contribution in [-0.4, -0.2) is 20.2 Å². The van der Waals surface area contributed by atoms with E-state index in [9.17, 15) is 4.39 Å². The molecule has 0 atom stereocenters. The van der Waals surface area contributed by atoms with E-state index < -0.39 is 0 Å². The van der Waals surface area contributed by atoms with Crippen LogP contribution in [0.4, 0.5) is 16.0 Å². The fourth-order valence-electron chi connectivity index (χ4n) is 3.29. The zero-order chi connectivity index (χ0) is 19.8. The first-order valence-corrected chi connectivity index (χ1v) is 8.96. The van der Waals surface area contributed by atoms with E-state index in [4.69, 9.17) is 11.4 Å². The number of hydrogen-bond acceptors (Lipinski definition) is 4. The van der Waals surface area contributed by atoms with E-state index in [-0.39, 0.29) is 5.82 Å². The molecule has 0 amide bonds. The maximum atomic E-state index is 13.7. The quantitative estimate of drug-likeness (QED) is 0.431. The number of rotatable bonds is 3. The number of aromatic amines is 1. The minimum Gasteiger partial charge on any atom is -0.322 e. The van der Waals surface area contributed by atoms with E-state index >= 15 is 0 Å². The smallest absolute Gasteiger partial charge is 0.163 e. The zero-order valence-electron chi connectivity index (χ0n) is 15.1. The van der Waals surface area contributed by atoms with Gasteiger partial charge in [0.05, 0.1) is 11.0 Å². The third-order valence-electron chi connectivity index (χ3n) is 4.69. The van der Waals surface area contributed by atoms with Gasteiger partial charge in [-0.25, -0.2) is 14.4 Å². The number of para-hydroxylation sites is 1. The van der Waals surface area contributed by atoms with Crippen LogP contribution in [0.1, 0.15) is 5.56 Å². The summed E-state index contributed by atoms with van der Waals surface area (Å²) in [6, 6.07) is 19.6. The molecule has 0 saturated carbocycles. The van der Waals surface area contributed by atoms with Gasteiger partial charge in [0.2, 0.25) is 0 Å². The van der Waals surface area contributed by atoms with Gasteiger partial charge in [-0.15, -0.1) is 6.42 Å². The molecule has 6 heteroatoms. The molecule has 0 aliphatic carbocycles. The van der Waals surface area contributed by atoms with E-state index in [1.54, 1.807) is 6.07 Å². The lowest BCUT2D eigenvalue weighted by atomic mass is 10.1. The second kappa shape index (κ2) is 6.73. The Morgan fingerprint density at radius 3 is 2.62 bits per heavy atom. The average molecular weight is 379 g/mol. The molecule has 0 unspecified atom stereocenters. The number of halogens is 1.